The summed E-state index contributed by atoms with van der Waals surface area (Å²) in [5.41, 5.74) is 1.22. The Morgan fingerprint density at radius 3 is 2.11 bits per heavy atom. The van der Waals surface area contributed by atoms with E-state index in [0.717, 1.165) is 31.1 Å². The zero-order valence-corrected chi connectivity index (χ0v) is 12.3. The van der Waals surface area contributed by atoms with Gasteiger partial charge in [-0.1, -0.05) is 46.8 Å². The molecule has 2 heteroatoms. The van der Waals surface area contributed by atoms with E-state index in [9.17, 15) is 0 Å². The number of hydrogen-bond acceptors (Lipinski definition) is 2. The van der Waals surface area contributed by atoms with Gasteiger partial charge in [0.25, 0.3) is 0 Å². The van der Waals surface area contributed by atoms with Crippen molar-refractivity contribution in [2.75, 3.05) is 13.2 Å². The van der Waals surface area contributed by atoms with Gasteiger partial charge in [0.2, 0.25) is 0 Å². The van der Waals surface area contributed by atoms with Crippen LogP contribution in [0.5, 0.6) is 11.5 Å². The maximum atomic E-state index is 5.93. The van der Waals surface area contributed by atoms with Gasteiger partial charge in [-0.05, 0) is 29.9 Å². The van der Waals surface area contributed by atoms with Gasteiger partial charge in [-0.2, -0.15) is 0 Å². The zero-order valence-electron chi connectivity index (χ0n) is 12.3. The van der Waals surface area contributed by atoms with Crippen molar-refractivity contribution in [3.8, 4) is 11.5 Å². The number of para-hydroxylation sites is 1. The van der Waals surface area contributed by atoms with Crippen LogP contribution in [0.2, 0.25) is 0 Å². The van der Waals surface area contributed by atoms with Crippen LogP contribution in [0.4, 0.5) is 0 Å². The van der Waals surface area contributed by atoms with Crippen molar-refractivity contribution in [2.45, 2.75) is 41.0 Å². The van der Waals surface area contributed by atoms with E-state index in [0.29, 0.717) is 11.8 Å². The summed E-state index contributed by atoms with van der Waals surface area (Å²) < 4.78 is 11.8. The molecule has 0 aliphatic rings. The van der Waals surface area contributed by atoms with Gasteiger partial charge in [0, 0.05) is 0 Å². The van der Waals surface area contributed by atoms with Crippen molar-refractivity contribution in [3.63, 3.8) is 0 Å². The molecule has 0 heterocycles. The molecular formula is C16H26O2. The lowest BCUT2D eigenvalue weighted by molar-refractivity contribution is 0.227. The van der Waals surface area contributed by atoms with E-state index in [1.165, 1.54) is 5.56 Å². The summed E-state index contributed by atoms with van der Waals surface area (Å²) >= 11 is 0. The normalized spacial score (nSPS) is 11.1. The van der Waals surface area contributed by atoms with Crippen LogP contribution in [0.3, 0.4) is 0 Å². The number of hydrogen-bond donors (Lipinski definition) is 0. The Bertz CT molecular complexity index is 356. The molecule has 0 fully saturated rings. The predicted octanol–water partition coefficient (Wildman–Crippen LogP) is 4.32. The monoisotopic (exact) mass is 250 g/mol. The zero-order chi connectivity index (χ0) is 13.5. The van der Waals surface area contributed by atoms with Crippen LogP contribution in [0.25, 0.3) is 0 Å². The fraction of sp³-hybridized carbons (Fsp3) is 0.625. The quantitative estimate of drug-likeness (QED) is 0.717. The SMILES string of the molecule is CCc1cccc(OCC(C)C)c1OCC(C)C. The molecule has 1 rings (SSSR count). The molecule has 0 bridgehead atoms. The molecule has 0 atom stereocenters. The molecule has 0 N–H and O–H groups in total. The molecule has 0 unspecified atom stereocenters. The third kappa shape index (κ3) is 4.59. The van der Waals surface area contributed by atoms with Gasteiger partial charge in [0.05, 0.1) is 13.2 Å². The fourth-order valence-corrected chi connectivity index (χ4v) is 1.62. The van der Waals surface area contributed by atoms with Crippen LogP contribution in [0, 0.1) is 11.8 Å². The lowest BCUT2D eigenvalue weighted by Gasteiger charge is -2.17. The molecule has 0 amide bonds. The maximum Gasteiger partial charge on any atom is 0.164 e. The standard InChI is InChI=1S/C16H26O2/c1-6-14-8-7-9-15(17-10-12(2)3)16(14)18-11-13(4)5/h7-9,12-13H,6,10-11H2,1-5H3. The Balaban J connectivity index is 2.85. The van der Waals surface area contributed by atoms with Gasteiger partial charge < -0.3 is 9.47 Å². The van der Waals surface area contributed by atoms with Crippen LogP contribution in [0.1, 0.15) is 40.2 Å². The average molecular weight is 250 g/mol. The van der Waals surface area contributed by atoms with Crippen LogP contribution in [0.15, 0.2) is 18.2 Å². The second-order valence-corrected chi connectivity index (χ2v) is 5.51. The maximum absolute atomic E-state index is 5.93. The molecule has 0 saturated heterocycles. The van der Waals surface area contributed by atoms with Crippen LogP contribution in [-0.2, 0) is 6.42 Å². The summed E-state index contributed by atoms with van der Waals surface area (Å²) in [6.07, 6.45) is 0.965. The van der Waals surface area contributed by atoms with E-state index >= 15 is 0 Å². The topological polar surface area (TPSA) is 18.5 Å². The third-order valence-electron chi connectivity index (χ3n) is 2.57. The van der Waals surface area contributed by atoms with Crippen LogP contribution >= 0.6 is 0 Å². The first-order valence-corrected chi connectivity index (χ1v) is 6.92. The second-order valence-electron chi connectivity index (χ2n) is 5.51. The molecule has 0 aliphatic carbocycles. The summed E-state index contributed by atoms with van der Waals surface area (Å²) in [6.45, 7) is 12.2. The van der Waals surface area contributed by atoms with E-state index in [1.54, 1.807) is 0 Å². The summed E-state index contributed by atoms with van der Waals surface area (Å²) in [7, 11) is 0. The van der Waals surface area contributed by atoms with Crippen molar-refractivity contribution in [3.05, 3.63) is 23.8 Å². The van der Waals surface area contributed by atoms with E-state index in [2.05, 4.69) is 40.7 Å². The smallest absolute Gasteiger partial charge is 0.164 e. The van der Waals surface area contributed by atoms with Crippen LogP contribution in [-0.4, -0.2) is 13.2 Å². The number of benzene rings is 1. The first-order chi connectivity index (χ1) is 8.54. The molecule has 1 aromatic carbocycles. The summed E-state index contributed by atoms with van der Waals surface area (Å²) in [5.74, 6) is 2.85. The number of rotatable bonds is 7. The molecular weight excluding hydrogens is 224 g/mol. The Labute approximate surface area is 111 Å². The first-order valence-electron chi connectivity index (χ1n) is 6.92. The van der Waals surface area contributed by atoms with Gasteiger partial charge in [0.15, 0.2) is 11.5 Å². The van der Waals surface area contributed by atoms with Crippen molar-refractivity contribution in [1.82, 2.24) is 0 Å². The molecule has 0 saturated carbocycles. The molecule has 0 radical (unpaired) electrons. The van der Waals surface area contributed by atoms with Crippen molar-refractivity contribution in [1.29, 1.82) is 0 Å². The molecule has 2 nitrogen and oxygen atoms in total. The minimum atomic E-state index is 0.521. The summed E-state index contributed by atoms with van der Waals surface area (Å²) in [4.78, 5) is 0. The second kappa shape index (κ2) is 7.30. The van der Waals surface area contributed by atoms with Crippen molar-refractivity contribution in [2.24, 2.45) is 11.8 Å². The lowest BCUT2D eigenvalue weighted by atomic mass is 10.1. The first kappa shape index (κ1) is 14.9. The Hall–Kier alpha value is -1.18. The van der Waals surface area contributed by atoms with E-state index in [1.807, 2.05) is 12.1 Å². The van der Waals surface area contributed by atoms with Crippen LogP contribution < -0.4 is 9.47 Å². The van der Waals surface area contributed by atoms with Crippen molar-refractivity contribution < 1.29 is 9.47 Å². The highest BCUT2D eigenvalue weighted by atomic mass is 16.5. The third-order valence-corrected chi connectivity index (χ3v) is 2.57. The molecule has 0 spiro atoms. The number of aryl methyl sites for hydroxylation is 1. The van der Waals surface area contributed by atoms with E-state index in [-0.39, 0.29) is 0 Å². The van der Waals surface area contributed by atoms with Crippen molar-refractivity contribution >= 4 is 0 Å². The van der Waals surface area contributed by atoms with E-state index < -0.39 is 0 Å². The fourth-order valence-electron chi connectivity index (χ4n) is 1.62. The average Bonchev–Trinajstić information content (AvgIpc) is 2.33. The Morgan fingerprint density at radius 2 is 1.56 bits per heavy atom. The molecule has 0 aromatic heterocycles. The Kier molecular flexibility index (Phi) is 6.03. The van der Waals surface area contributed by atoms with Gasteiger partial charge in [-0.25, -0.2) is 0 Å². The summed E-state index contributed by atoms with van der Waals surface area (Å²) in [5, 5.41) is 0. The highest BCUT2D eigenvalue weighted by Crippen LogP contribution is 2.32. The summed E-state index contributed by atoms with van der Waals surface area (Å²) in [6, 6.07) is 6.14. The minimum absolute atomic E-state index is 0.521. The number of ether oxygens (including phenoxy) is 2. The highest BCUT2D eigenvalue weighted by Gasteiger charge is 2.11. The molecule has 1 aromatic rings. The highest BCUT2D eigenvalue weighted by molar-refractivity contribution is 5.46. The van der Waals surface area contributed by atoms with Gasteiger partial charge in [-0.15, -0.1) is 0 Å². The van der Waals surface area contributed by atoms with E-state index in [4.69, 9.17) is 9.47 Å². The predicted molar refractivity (Wildman–Crippen MR) is 76.5 cm³/mol. The molecule has 102 valence electrons. The molecule has 0 aliphatic heterocycles. The van der Waals surface area contributed by atoms with Gasteiger partial charge >= 0.3 is 0 Å². The molecule has 18 heavy (non-hydrogen) atoms. The van der Waals surface area contributed by atoms with Gasteiger partial charge in [0.1, 0.15) is 0 Å². The largest absolute Gasteiger partial charge is 0.489 e. The minimum Gasteiger partial charge on any atom is -0.489 e. The lowest BCUT2D eigenvalue weighted by Crippen LogP contribution is -2.10. The Morgan fingerprint density at radius 1 is 0.944 bits per heavy atom. The van der Waals surface area contributed by atoms with Gasteiger partial charge in [-0.3, -0.25) is 0 Å².